The van der Waals surface area contributed by atoms with Crippen LogP contribution < -0.4 is 5.32 Å². The van der Waals surface area contributed by atoms with E-state index in [0.717, 1.165) is 35.2 Å². The second-order valence-electron chi connectivity index (χ2n) is 6.89. The number of aromatic amines is 1. The molecule has 1 aromatic carbocycles. The Morgan fingerprint density at radius 3 is 2.88 bits per heavy atom. The van der Waals surface area contributed by atoms with Crippen molar-refractivity contribution in [2.24, 2.45) is 5.92 Å². The average Bonchev–Trinajstić information content (AvgIpc) is 3.50. The second-order valence-corrected chi connectivity index (χ2v) is 6.89. The molecule has 2 aromatic heterocycles. The summed E-state index contributed by atoms with van der Waals surface area (Å²) in [6.07, 6.45) is 4.35. The third-order valence-electron chi connectivity index (χ3n) is 4.89. The number of hydrogen-bond donors (Lipinski definition) is 2. The van der Waals surface area contributed by atoms with Gasteiger partial charge in [-0.05, 0) is 50.3 Å². The van der Waals surface area contributed by atoms with Gasteiger partial charge in [0.2, 0.25) is 5.91 Å². The molecule has 6 heteroatoms. The number of aryl methyl sites for hydroxylation is 1. The first-order chi connectivity index (χ1) is 11.7. The average molecular weight is 322 g/mol. The first-order valence-electron chi connectivity index (χ1n) is 8.46. The highest BCUT2D eigenvalue weighted by Crippen LogP contribution is 2.44. The molecular weight excluding hydrogens is 304 g/mol. The number of carbonyl (C=O) groups is 1. The van der Waals surface area contributed by atoms with E-state index in [1.165, 1.54) is 18.4 Å². The quantitative estimate of drug-likeness (QED) is 0.766. The summed E-state index contributed by atoms with van der Waals surface area (Å²) in [4.78, 5) is 11.9. The number of rotatable bonds is 4. The molecule has 0 radical (unpaired) electrons. The van der Waals surface area contributed by atoms with Crippen molar-refractivity contribution in [3.63, 3.8) is 0 Å². The fraction of sp³-hybridized carbons (Fsp3) is 0.389. The molecule has 0 atom stereocenters. The maximum Gasteiger partial charge on any atom is 0.228 e. The van der Waals surface area contributed by atoms with Gasteiger partial charge < -0.3 is 9.84 Å². The third-order valence-corrected chi connectivity index (χ3v) is 4.89. The van der Waals surface area contributed by atoms with E-state index < -0.39 is 0 Å². The zero-order valence-corrected chi connectivity index (χ0v) is 13.4. The van der Waals surface area contributed by atoms with Gasteiger partial charge in [-0.3, -0.25) is 9.89 Å². The van der Waals surface area contributed by atoms with Gasteiger partial charge >= 0.3 is 0 Å². The molecule has 0 spiro atoms. The monoisotopic (exact) mass is 322 g/mol. The summed E-state index contributed by atoms with van der Waals surface area (Å²) in [5, 5.41) is 15.3. The smallest absolute Gasteiger partial charge is 0.228 e. The minimum absolute atomic E-state index is 0.0379. The Hall–Kier alpha value is -2.63. The van der Waals surface area contributed by atoms with Gasteiger partial charge in [0, 0.05) is 23.1 Å². The maximum atomic E-state index is 11.9. The molecule has 0 unspecified atom stereocenters. The van der Waals surface area contributed by atoms with E-state index in [-0.39, 0.29) is 11.8 Å². The van der Waals surface area contributed by atoms with Crippen LogP contribution in [-0.2, 0) is 4.79 Å². The molecule has 2 saturated carbocycles. The van der Waals surface area contributed by atoms with Crippen LogP contribution in [0.5, 0.6) is 0 Å². The molecule has 5 rings (SSSR count). The van der Waals surface area contributed by atoms with Gasteiger partial charge in [-0.1, -0.05) is 11.2 Å². The summed E-state index contributed by atoms with van der Waals surface area (Å²) in [6.45, 7) is 2.04. The van der Waals surface area contributed by atoms with Gasteiger partial charge in [-0.25, -0.2) is 0 Å². The van der Waals surface area contributed by atoms with Gasteiger partial charge in [0.05, 0.1) is 11.1 Å². The molecule has 1 amide bonds. The van der Waals surface area contributed by atoms with Crippen LogP contribution in [0.25, 0.3) is 22.1 Å². The van der Waals surface area contributed by atoms with Gasteiger partial charge in [-0.15, -0.1) is 0 Å². The van der Waals surface area contributed by atoms with Gasteiger partial charge in [0.1, 0.15) is 0 Å². The van der Waals surface area contributed by atoms with Gasteiger partial charge in [0.15, 0.2) is 11.4 Å². The van der Waals surface area contributed by atoms with E-state index in [1.807, 2.05) is 19.1 Å². The van der Waals surface area contributed by atoms with Crippen molar-refractivity contribution in [2.75, 3.05) is 5.32 Å². The molecule has 0 bridgehead atoms. The number of aromatic nitrogens is 3. The van der Waals surface area contributed by atoms with E-state index in [2.05, 4.69) is 26.7 Å². The molecular formula is C18H18N4O2. The molecule has 2 aliphatic rings. The molecule has 2 aliphatic carbocycles. The normalized spacial score (nSPS) is 17.4. The molecule has 2 N–H and O–H groups in total. The highest BCUT2D eigenvalue weighted by molar-refractivity contribution is 6.01. The first-order valence-corrected chi connectivity index (χ1v) is 8.46. The summed E-state index contributed by atoms with van der Waals surface area (Å²) < 4.78 is 5.45. The Bertz CT molecular complexity index is 947. The first kappa shape index (κ1) is 13.8. The van der Waals surface area contributed by atoms with Gasteiger partial charge in [-0.2, -0.15) is 5.10 Å². The zero-order chi connectivity index (χ0) is 16.3. The summed E-state index contributed by atoms with van der Waals surface area (Å²) in [5.74, 6) is 1.27. The van der Waals surface area contributed by atoms with Crippen molar-refractivity contribution in [1.29, 1.82) is 0 Å². The van der Waals surface area contributed by atoms with Crippen molar-refractivity contribution < 1.29 is 9.32 Å². The molecule has 122 valence electrons. The van der Waals surface area contributed by atoms with Crippen LogP contribution in [0, 0.1) is 12.8 Å². The molecule has 2 heterocycles. The number of nitrogens with one attached hydrogen (secondary N) is 2. The highest BCUT2D eigenvalue weighted by Gasteiger charge is 2.31. The Labute approximate surface area is 138 Å². The van der Waals surface area contributed by atoms with Crippen LogP contribution in [0.15, 0.2) is 22.7 Å². The molecule has 24 heavy (non-hydrogen) atoms. The lowest BCUT2D eigenvalue weighted by molar-refractivity contribution is -0.117. The van der Waals surface area contributed by atoms with Crippen molar-refractivity contribution in [3.8, 4) is 11.1 Å². The highest BCUT2D eigenvalue weighted by atomic mass is 16.5. The van der Waals surface area contributed by atoms with E-state index in [9.17, 15) is 4.79 Å². The minimum atomic E-state index is 0.0379. The summed E-state index contributed by atoms with van der Waals surface area (Å²) in [6, 6.07) is 6.00. The maximum absolute atomic E-state index is 11.9. The van der Waals surface area contributed by atoms with Crippen molar-refractivity contribution >= 4 is 22.7 Å². The number of H-pyrrole nitrogens is 1. The number of fused-ring (bicyclic) bond motifs is 1. The summed E-state index contributed by atoms with van der Waals surface area (Å²) in [5.41, 5.74) is 5.14. The molecule has 3 aromatic rings. The summed E-state index contributed by atoms with van der Waals surface area (Å²) >= 11 is 0. The van der Waals surface area contributed by atoms with Crippen LogP contribution in [0.4, 0.5) is 5.82 Å². The van der Waals surface area contributed by atoms with E-state index in [4.69, 9.17) is 4.52 Å². The van der Waals surface area contributed by atoms with Crippen molar-refractivity contribution in [3.05, 3.63) is 29.6 Å². The van der Waals surface area contributed by atoms with Crippen LogP contribution in [0.2, 0.25) is 0 Å². The largest absolute Gasteiger partial charge is 0.354 e. The zero-order valence-electron chi connectivity index (χ0n) is 13.4. The number of anilines is 1. The predicted octanol–water partition coefficient (Wildman–Crippen LogP) is 3.75. The predicted molar refractivity (Wildman–Crippen MR) is 89.7 cm³/mol. The third kappa shape index (κ3) is 2.21. The van der Waals surface area contributed by atoms with Crippen LogP contribution in [0.3, 0.4) is 0 Å². The Morgan fingerprint density at radius 2 is 2.12 bits per heavy atom. The SMILES string of the molecule is Cc1[nH]nc(C2CC2)c1-c1ccc2c(NC(=O)C3CC3)noc2c1. The van der Waals surface area contributed by atoms with Crippen LogP contribution >= 0.6 is 0 Å². The second kappa shape index (κ2) is 4.93. The number of carbonyl (C=O) groups excluding carboxylic acids is 1. The summed E-state index contributed by atoms with van der Waals surface area (Å²) in [7, 11) is 0. The Balaban J connectivity index is 1.52. The molecule has 2 fully saturated rings. The Morgan fingerprint density at radius 1 is 1.29 bits per heavy atom. The number of nitrogens with zero attached hydrogens (tertiary/aromatic N) is 2. The fourth-order valence-corrected chi connectivity index (χ4v) is 3.21. The van der Waals surface area contributed by atoms with Crippen molar-refractivity contribution in [1.82, 2.24) is 15.4 Å². The van der Waals surface area contributed by atoms with Crippen LogP contribution in [-0.4, -0.2) is 21.3 Å². The molecule has 0 aliphatic heterocycles. The standard InChI is InChI=1S/C18H18N4O2/c1-9-15(16(21-20-9)10-2-3-10)12-6-7-13-14(8-12)24-22-17(13)19-18(23)11-4-5-11/h6-8,10-11H,2-5H2,1H3,(H,20,21)(H,19,22,23). The fourth-order valence-electron chi connectivity index (χ4n) is 3.21. The van der Waals surface area contributed by atoms with E-state index in [1.54, 1.807) is 0 Å². The molecule has 0 saturated heterocycles. The minimum Gasteiger partial charge on any atom is -0.354 e. The number of hydrogen-bond acceptors (Lipinski definition) is 4. The number of amides is 1. The van der Waals surface area contributed by atoms with E-state index >= 15 is 0 Å². The lowest BCUT2D eigenvalue weighted by atomic mass is 10.0. The Kier molecular flexibility index (Phi) is 2.83. The molecule has 6 nitrogen and oxygen atoms in total. The lowest BCUT2D eigenvalue weighted by Gasteiger charge is -2.04. The lowest BCUT2D eigenvalue weighted by Crippen LogP contribution is -2.13. The van der Waals surface area contributed by atoms with Gasteiger partial charge in [0.25, 0.3) is 0 Å². The van der Waals surface area contributed by atoms with Crippen molar-refractivity contribution in [2.45, 2.75) is 38.5 Å². The number of benzene rings is 1. The van der Waals surface area contributed by atoms with Crippen LogP contribution in [0.1, 0.15) is 43.0 Å². The topological polar surface area (TPSA) is 83.8 Å². The van der Waals surface area contributed by atoms with E-state index in [0.29, 0.717) is 17.3 Å².